The molecular formula is C7H15NS. The topological polar surface area (TPSA) is 26.0 Å². The third-order valence-corrected chi connectivity index (χ3v) is 2.32. The van der Waals surface area contributed by atoms with Crippen molar-refractivity contribution in [3.05, 3.63) is 0 Å². The fourth-order valence-corrected chi connectivity index (χ4v) is 0.866. The van der Waals surface area contributed by atoms with Crippen molar-refractivity contribution in [2.75, 3.05) is 0 Å². The van der Waals surface area contributed by atoms with Crippen LogP contribution in [0.3, 0.4) is 0 Å². The summed E-state index contributed by atoms with van der Waals surface area (Å²) in [4.78, 5) is 0.643. The summed E-state index contributed by atoms with van der Waals surface area (Å²) in [6.45, 7) is 6.40. The van der Waals surface area contributed by atoms with Crippen LogP contribution in [0.5, 0.6) is 0 Å². The maximum absolute atomic E-state index is 5.44. The van der Waals surface area contributed by atoms with E-state index < -0.39 is 0 Å². The van der Waals surface area contributed by atoms with Crippen molar-refractivity contribution in [1.82, 2.24) is 0 Å². The Bertz CT molecular complexity index is 101. The number of thiocarbonyl (C=S) groups is 1. The molecule has 2 unspecified atom stereocenters. The van der Waals surface area contributed by atoms with Gasteiger partial charge in [0.05, 0.1) is 4.99 Å². The van der Waals surface area contributed by atoms with Crippen LogP contribution in [-0.2, 0) is 0 Å². The summed E-state index contributed by atoms with van der Waals surface area (Å²) in [6, 6.07) is 0. The minimum atomic E-state index is 0.394. The van der Waals surface area contributed by atoms with Gasteiger partial charge < -0.3 is 5.73 Å². The molecule has 0 amide bonds. The van der Waals surface area contributed by atoms with E-state index in [2.05, 4.69) is 20.8 Å². The third kappa shape index (κ3) is 2.80. The average Bonchev–Trinajstić information content (AvgIpc) is 1.84. The van der Waals surface area contributed by atoms with Gasteiger partial charge in [-0.15, -0.1) is 0 Å². The monoisotopic (exact) mass is 145 g/mol. The summed E-state index contributed by atoms with van der Waals surface area (Å²) in [6.07, 6.45) is 1.15. The summed E-state index contributed by atoms with van der Waals surface area (Å²) in [7, 11) is 0. The van der Waals surface area contributed by atoms with Crippen LogP contribution in [0.2, 0.25) is 0 Å². The average molecular weight is 145 g/mol. The minimum Gasteiger partial charge on any atom is -0.393 e. The largest absolute Gasteiger partial charge is 0.393 e. The summed E-state index contributed by atoms with van der Waals surface area (Å²) in [5.74, 6) is 1.02. The van der Waals surface area contributed by atoms with Crippen molar-refractivity contribution in [2.45, 2.75) is 27.2 Å². The van der Waals surface area contributed by atoms with E-state index in [0.717, 1.165) is 6.42 Å². The lowest BCUT2D eigenvalue weighted by Gasteiger charge is -2.15. The van der Waals surface area contributed by atoms with Gasteiger partial charge in [-0.05, 0) is 5.92 Å². The highest BCUT2D eigenvalue weighted by Crippen LogP contribution is 2.13. The molecule has 0 heterocycles. The second-order valence-electron chi connectivity index (χ2n) is 2.58. The van der Waals surface area contributed by atoms with Gasteiger partial charge in [-0.1, -0.05) is 39.4 Å². The van der Waals surface area contributed by atoms with Crippen molar-refractivity contribution < 1.29 is 0 Å². The molecule has 1 nitrogen and oxygen atoms in total. The highest BCUT2D eigenvalue weighted by atomic mass is 32.1. The van der Waals surface area contributed by atoms with Gasteiger partial charge in [-0.25, -0.2) is 0 Å². The normalized spacial score (nSPS) is 16.8. The molecule has 2 atom stereocenters. The molecule has 0 aromatic heterocycles. The van der Waals surface area contributed by atoms with Gasteiger partial charge >= 0.3 is 0 Å². The Balaban J connectivity index is 3.72. The van der Waals surface area contributed by atoms with Gasteiger partial charge in [-0.3, -0.25) is 0 Å². The van der Waals surface area contributed by atoms with Crippen LogP contribution in [0.1, 0.15) is 27.2 Å². The van der Waals surface area contributed by atoms with Gasteiger partial charge in [-0.2, -0.15) is 0 Å². The van der Waals surface area contributed by atoms with Crippen LogP contribution in [-0.4, -0.2) is 4.99 Å². The molecule has 0 spiro atoms. The van der Waals surface area contributed by atoms with Crippen molar-refractivity contribution in [3.8, 4) is 0 Å². The molecule has 0 aromatic rings. The number of hydrogen-bond donors (Lipinski definition) is 1. The smallest absolute Gasteiger partial charge is 0.0758 e. The Morgan fingerprint density at radius 2 is 2.00 bits per heavy atom. The zero-order valence-electron chi connectivity index (χ0n) is 6.35. The Morgan fingerprint density at radius 3 is 2.11 bits per heavy atom. The van der Waals surface area contributed by atoms with E-state index in [-0.39, 0.29) is 0 Å². The van der Waals surface area contributed by atoms with E-state index in [9.17, 15) is 0 Å². The SMILES string of the molecule is CCC(C)C(C)C(N)=S. The summed E-state index contributed by atoms with van der Waals surface area (Å²) >= 11 is 4.84. The maximum atomic E-state index is 5.44. The van der Waals surface area contributed by atoms with Crippen LogP contribution in [0.15, 0.2) is 0 Å². The lowest BCUT2D eigenvalue weighted by Crippen LogP contribution is -2.23. The molecule has 0 aromatic carbocycles. The highest BCUT2D eigenvalue weighted by Gasteiger charge is 2.11. The second kappa shape index (κ2) is 3.83. The summed E-state index contributed by atoms with van der Waals surface area (Å²) < 4.78 is 0. The zero-order valence-corrected chi connectivity index (χ0v) is 7.16. The first-order chi connectivity index (χ1) is 4.09. The van der Waals surface area contributed by atoms with Gasteiger partial charge in [0.2, 0.25) is 0 Å². The summed E-state index contributed by atoms with van der Waals surface area (Å²) in [5.41, 5.74) is 5.44. The van der Waals surface area contributed by atoms with Gasteiger partial charge in [0.15, 0.2) is 0 Å². The molecule has 0 aliphatic rings. The van der Waals surface area contributed by atoms with Crippen LogP contribution in [0.4, 0.5) is 0 Å². The van der Waals surface area contributed by atoms with Crippen molar-refractivity contribution in [1.29, 1.82) is 0 Å². The predicted octanol–water partition coefficient (Wildman–Crippen LogP) is 1.95. The minimum absolute atomic E-state index is 0.394. The molecule has 0 aliphatic heterocycles. The van der Waals surface area contributed by atoms with E-state index in [0.29, 0.717) is 16.8 Å². The van der Waals surface area contributed by atoms with Crippen LogP contribution in [0.25, 0.3) is 0 Å². The molecule has 0 radical (unpaired) electrons. The van der Waals surface area contributed by atoms with Gasteiger partial charge in [0.25, 0.3) is 0 Å². The van der Waals surface area contributed by atoms with E-state index >= 15 is 0 Å². The Kier molecular flexibility index (Phi) is 3.78. The molecule has 9 heavy (non-hydrogen) atoms. The Hall–Kier alpha value is -0.110. The molecule has 54 valence electrons. The van der Waals surface area contributed by atoms with E-state index in [1.165, 1.54) is 0 Å². The first kappa shape index (κ1) is 8.89. The van der Waals surface area contributed by atoms with E-state index in [4.69, 9.17) is 18.0 Å². The molecule has 2 N–H and O–H groups in total. The van der Waals surface area contributed by atoms with Crippen molar-refractivity contribution >= 4 is 17.2 Å². The quantitative estimate of drug-likeness (QED) is 0.614. The molecule has 2 heteroatoms. The zero-order chi connectivity index (χ0) is 7.44. The standard InChI is InChI=1S/C7H15NS/c1-4-5(2)6(3)7(8)9/h5-6H,4H2,1-3H3,(H2,8,9). The fourth-order valence-electron chi connectivity index (χ4n) is 0.634. The molecular weight excluding hydrogens is 130 g/mol. The highest BCUT2D eigenvalue weighted by molar-refractivity contribution is 7.80. The van der Waals surface area contributed by atoms with E-state index in [1.54, 1.807) is 0 Å². The van der Waals surface area contributed by atoms with Crippen LogP contribution in [0, 0.1) is 11.8 Å². The van der Waals surface area contributed by atoms with Crippen LogP contribution >= 0.6 is 12.2 Å². The van der Waals surface area contributed by atoms with Crippen molar-refractivity contribution in [3.63, 3.8) is 0 Å². The van der Waals surface area contributed by atoms with Gasteiger partial charge in [0.1, 0.15) is 0 Å². The molecule has 0 rings (SSSR count). The fraction of sp³-hybridized carbons (Fsp3) is 0.857. The molecule has 0 bridgehead atoms. The van der Waals surface area contributed by atoms with Crippen molar-refractivity contribution in [2.24, 2.45) is 17.6 Å². The molecule has 0 saturated heterocycles. The molecule has 0 saturated carbocycles. The lowest BCUT2D eigenvalue weighted by molar-refractivity contribution is 0.471. The summed E-state index contributed by atoms with van der Waals surface area (Å²) in [5, 5.41) is 0. The number of nitrogens with two attached hydrogens (primary N) is 1. The Morgan fingerprint density at radius 1 is 1.56 bits per heavy atom. The molecule has 0 fully saturated rings. The third-order valence-electron chi connectivity index (χ3n) is 1.95. The molecule has 0 aliphatic carbocycles. The lowest BCUT2D eigenvalue weighted by atomic mass is 9.94. The van der Waals surface area contributed by atoms with Gasteiger partial charge in [0, 0.05) is 5.92 Å². The predicted molar refractivity (Wildman–Crippen MR) is 45.4 cm³/mol. The van der Waals surface area contributed by atoms with E-state index in [1.807, 2.05) is 0 Å². The first-order valence-corrected chi connectivity index (χ1v) is 3.79. The maximum Gasteiger partial charge on any atom is 0.0758 e. The van der Waals surface area contributed by atoms with Crippen LogP contribution < -0.4 is 5.73 Å². The number of hydrogen-bond acceptors (Lipinski definition) is 1. The first-order valence-electron chi connectivity index (χ1n) is 3.38. The Labute approximate surface area is 62.6 Å². The number of rotatable bonds is 3. The second-order valence-corrected chi connectivity index (χ2v) is 3.05.